The molecule has 22 heavy (non-hydrogen) atoms. The van der Waals surface area contributed by atoms with Crippen LogP contribution >= 0.6 is 12.0 Å². The second kappa shape index (κ2) is 7.90. The number of amides is 1. The summed E-state index contributed by atoms with van der Waals surface area (Å²) < 4.78 is 5.23. The summed E-state index contributed by atoms with van der Waals surface area (Å²) in [6.07, 6.45) is -0.325. The first-order valence-electron chi connectivity index (χ1n) is 7.42. The van der Waals surface area contributed by atoms with Crippen molar-refractivity contribution in [3.05, 3.63) is 54.6 Å². The Bertz CT molecular complexity index is 596. The summed E-state index contributed by atoms with van der Waals surface area (Å²) in [5.41, 5.74) is 3.14. The summed E-state index contributed by atoms with van der Waals surface area (Å²) in [5, 5.41) is 0.253. The van der Waals surface area contributed by atoms with E-state index in [1.807, 2.05) is 63.2 Å². The molecule has 0 aliphatic rings. The van der Waals surface area contributed by atoms with E-state index in [4.69, 9.17) is 4.18 Å². The zero-order valence-corrected chi connectivity index (χ0v) is 14.0. The van der Waals surface area contributed by atoms with E-state index in [-0.39, 0.29) is 11.3 Å². The summed E-state index contributed by atoms with van der Waals surface area (Å²) in [4.78, 5) is 13.7. The fourth-order valence-electron chi connectivity index (χ4n) is 2.06. The van der Waals surface area contributed by atoms with Gasteiger partial charge in [0, 0.05) is 17.5 Å². The van der Waals surface area contributed by atoms with Crippen molar-refractivity contribution in [3.8, 4) is 11.1 Å². The molecule has 0 bridgehead atoms. The van der Waals surface area contributed by atoms with Crippen molar-refractivity contribution < 1.29 is 8.98 Å². The van der Waals surface area contributed by atoms with E-state index < -0.39 is 0 Å². The topological polar surface area (TPSA) is 29.5 Å². The minimum atomic E-state index is -0.325. The molecule has 0 N–H and O–H groups in total. The summed E-state index contributed by atoms with van der Waals surface area (Å²) >= 11 is 1.19. The van der Waals surface area contributed by atoms with Gasteiger partial charge in [0.2, 0.25) is 0 Å². The first kappa shape index (κ1) is 16.4. The molecule has 0 radical (unpaired) electrons. The van der Waals surface area contributed by atoms with E-state index in [0.29, 0.717) is 6.54 Å². The molecule has 0 aliphatic heterocycles. The van der Waals surface area contributed by atoms with Crippen LogP contribution in [0.2, 0.25) is 0 Å². The SMILES string of the molecule is CCN(C(=O)OSC(C)C)c1ccc(-c2ccccc2)cc1. The van der Waals surface area contributed by atoms with Crippen LogP contribution in [0.1, 0.15) is 20.8 Å². The molecule has 0 heterocycles. The van der Waals surface area contributed by atoms with E-state index in [9.17, 15) is 4.79 Å². The molecule has 2 aromatic carbocycles. The van der Waals surface area contributed by atoms with Crippen molar-refractivity contribution in [1.29, 1.82) is 0 Å². The smallest absolute Gasteiger partial charge is 0.374 e. The fourth-order valence-corrected chi connectivity index (χ4v) is 2.43. The number of carbonyl (C=O) groups excluding carboxylic acids is 1. The lowest BCUT2D eigenvalue weighted by molar-refractivity contribution is 0.215. The number of nitrogens with zero attached hydrogens (tertiary/aromatic N) is 1. The van der Waals surface area contributed by atoms with Gasteiger partial charge in [0.25, 0.3) is 0 Å². The van der Waals surface area contributed by atoms with Gasteiger partial charge in [-0.05, 0) is 30.2 Å². The van der Waals surface area contributed by atoms with E-state index in [1.165, 1.54) is 12.0 Å². The first-order valence-corrected chi connectivity index (χ1v) is 8.22. The average molecular weight is 315 g/mol. The minimum Gasteiger partial charge on any atom is -0.374 e. The summed E-state index contributed by atoms with van der Waals surface area (Å²) in [6.45, 7) is 6.49. The highest BCUT2D eigenvalue weighted by Crippen LogP contribution is 2.24. The Morgan fingerprint density at radius 3 is 2.18 bits per heavy atom. The Hall–Kier alpha value is -1.94. The van der Waals surface area contributed by atoms with Gasteiger partial charge in [-0.15, -0.1) is 0 Å². The standard InChI is InChI=1S/C18H21NO2S/c1-4-19(18(20)21-22-14(2)3)17-12-10-16(11-13-17)15-8-6-5-7-9-15/h5-14H,4H2,1-3H3. The Morgan fingerprint density at radius 1 is 1.05 bits per heavy atom. The van der Waals surface area contributed by atoms with Gasteiger partial charge in [-0.25, -0.2) is 4.79 Å². The maximum absolute atomic E-state index is 12.1. The van der Waals surface area contributed by atoms with Crippen LogP contribution in [0.5, 0.6) is 0 Å². The molecule has 0 aromatic heterocycles. The lowest BCUT2D eigenvalue weighted by Gasteiger charge is -2.20. The number of rotatable bonds is 5. The molecule has 2 aromatic rings. The number of anilines is 1. The van der Waals surface area contributed by atoms with Gasteiger partial charge >= 0.3 is 6.09 Å². The third kappa shape index (κ3) is 4.28. The molecule has 1 amide bonds. The van der Waals surface area contributed by atoms with Gasteiger partial charge in [-0.1, -0.05) is 56.3 Å². The van der Waals surface area contributed by atoms with Crippen LogP contribution in [0.3, 0.4) is 0 Å². The number of hydrogen-bond donors (Lipinski definition) is 0. The summed E-state index contributed by atoms with van der Waals surface area (Å²) in [5.74, 6) is 0. The monoisotopic (exact) mass is 315 g/mol. The van der Waals surface area contributed by atoms with Crippen molar-refractivity contribution in [1.82, 2.24) is 0 Å². The summed E-state index contributed by atoms with van der Waals surface area (Å²) in [7, 11) is 0. The summed E-state index contributed by atoms with van der Waals surface area (Å²) in [6, 6.07) is 18.1. The lowest BCUT2D eigenvalue weighted by atomic mass is 10.1. The van der Waals surface area contributed by atoms with Crippen LogP contribution in [0.4, 0.5) is 10.5 Å². The first-order chi connectivity index (χ1) is 10.6. The van der Waals surface area contributed by atoms with Crippen molar-refractivity contribution in [2.24, 2.45) is 0 Å². The van der Waals surface area contributed by atoms with Crippen LogP contribution in [-0.4, -0.2) is 17.9 Å². The highest BCUT2D eigenvalue weighted by molar-refractivity contribution is 7.95. The molecule has 0 aliphatic carbocycles. The molecule has 0 fully saturated rings. The lowest BCUT2D eigenvalue weighted by Crippen LogP contribution is -2.30. The predicted octanol–water partition coefficient (Wildman–Crippen LogP) is 5.37. The maximum atomic E-state index is 12.1. The molecule has 0 atom stereocenters. The van der Waals surface area contributed by atoms with Crippen LogP contribution < -0.4 is 4.90 Å². The Kier molecular flexibility index (Phi) is 5.90. The van der Waals surface area contributed by atoms with E-state index in [0.717, 1.165) is 16.8 Å². The predicted molar refractivity (Wildman–Crippen MR) is 94.1 cm³/mol. The Morgan fingerprint density at radius 2 is 1.64 bits per heavy atom. The van der Waals surface area contributed by atoms with Crippen molar-refractivity contribution in [2.45, 2.75) is 26.0 Å². The van der Waals surface area contributed by atoms with Crippen molar-refractivity contribution in [2.75, 3.05) is 11.4 Å². The molecule has 2 rings (SSSR count). The minimum absolute atomic E-state index is 0.253. The molecular formula is C18H21NO2S. The third-order valence-electron chi connectivity index (χ3n) is 3.13. The zero-order valence-electron chi connectivity index (χ0n) is 13.2. The largest absolute Gasteiger partial charge is 0.426 e. The zero-order chi connectivity index (χ0) is 15.9. The van der Waals surface area contributed by atoms with Crippen LogP contribution in [0.15, 0.2) is 54.6 Å². The highest BCUT2D eigenvalue weighted by Gasteiger charge is 2.16. The number of benzene rings is 2. The van der Waals surface area contributed by atoms with Gasteiger partial charge in [0.15, 0.2) is 0 Å². The van der Waals surface area contributed by atoms with Crippen LogP contribution in [0, 0.1) is 0 Å². The highest BCUT2D eigenvalue weighted by atomic mass is 32.2. The normalized spacial score (nSPS) is 10.5. The Labute approximate surface area is 136 Å². The van der Waals surface area contributed by atoms with Crippen molar-refractivity contribution >= 4 is 23.8 Å². The maximum Gasteiger partial charge on any atom is 0.426 e. The molecule has 0 spiro atoms. The van der Waals surface area contributed by atoms with E-state index >= 15 is 0 Å². The van der Waals surface area contributed by atoms with Crippen molar-refractivity contribution in [3.63, 3.8) is 0 Å². The molecular weight excluding hydrogens is 294 g/mol. The molecule has 116 valence electrons. The van der Waals surface area contributed by atoms with E-state index in [2.05, 4.69) is 12.1 Å². The molecule has 4 heteroatoms. The number of hydrogen-bond acceptors (Lipinski definition) is 3. The average Bonchev–Trinajstić information content (AvgIpc) is 2.55. The number of carbonyl (C=O) groups is 1. The van der Waals surface area contributed by atoms with Gasteiger partial charge in [0.05, 0.1) is 12.0 Å². The second-order valence-corrected chi connectivity index (χ2v) is 6.45. The Balaban J connectivity index is 2.12. The third-order valence-corrected chi connectivity index (χ3v) is 3.76. The van der Waals surface area contributed by atoms with Crippen LogP contribution in [0.25, 0.3) is 11.1 Å². The van der Waals surface area contributed by atoms with Crippen LogP contribution in [-0.2, 0) is 4.18 Å². The molecule has 3 nitrogen and oxygen atoms in total. The molecule has 0 saturated carbocycles. The fraction of sp³-hybridized carbons (Fsp3) is 0.278. The molecule has 0 unspecified atom stereocenters. The van der Waals surface area contributed by atoms with Gasteiger partial charge < -0.3 is 4.18 Å². The molecule has 0 saturated heterocycles. The quantitative estimate of drug-likeness (QED) is 0.694. The van der Waals surface area contributed by atoms with Gasteiger partial charge in [-0.2, -0.15) is 0 Å². The van der Waals surface area contributed by atoms with E-state index in [1.54, 1.807) is 4.90 Å². The second-order valence-electron chi connectivity index (χ2n) is 5.15. The van der Waals surface area contributed by atoms with Gasteiger partial charge in [0.1, 0.15) is 0 Å². The van der Waals surface area contributed by atoms with Gasteiger partial charge in [-0.3, -0.25) is 4.90 Å².